The Morgan fingerprint density at radius 2 is 1.64 bits per heavy atom. The van der Waals surface area contributed by atoms with Gasteiger partial charge in [0.2, 0.25) is 0 Å². The van der Waals surface area contributed by atoms with Crippen molar-refractivity contribution in [3.63, 3.8) is 0 Å². The van der Waals surface area contributed by atoms with Gasteiger partial charge in [0.1, 0.15) is 11.5 Å². The normalized spacial score (nSPS) is 11.1. The van der Waals surface area contributed by atoms with Crippen LogP contribution in [0.5, 0.6) is 11.5 Å². The molecule has 4 heteroatoms. The van der Waals surface area contributed by atoms with Gasteiger partial charge in [-0.2, -0.15) is 0 Å². The molecule has 0 saturated carbocycles. The number of aldehydes is 1. The molecule has 0 unspecified atom stereocenters. The molecule has 142 valence electrons. The fourth-order valence-electron chi connectivity index (χ4n) is 3.76. The smallest absolute Gasteiger partial charge is 0.167 e. The van der Waals surface area contributed by atoms with Gasteiger partial charge in [-0.3, -0.25) is 4.79 Å². The molecule has 0 radical (unpaired) electrons. The highest BCUT2D eigenvalue weighted by Crippen LogP contribution is 2.44. The van der Waals surface area contributed by atoms with E-state index in [0.29, 0.717) is 18.9 Å². The van der Waals surface area contributed by atoms with Crippen molar-refractivity contribution in [2.24, 2.45) is 0 Å². The van der Waals surface area contributed by atoms with E-state index in [1.807, 2.05) is 73.8 Å². The second kappa shape index (κ2) is 7.39. The third-order valence-electron chi connectivity index (χ3n) is 4.91. The molecule has 0 bridgehead atoms. The molecular formula is C24H23NO3. The number of pyridine rings is 1. The molecule has 4 aromatic rings. The molecule has 2 aromatic carbocycles. The first-order valence-electron chi connectivity index (χ1n) is 9.56. The van der Waals surface area contributed by atoms with Crippen molar-refractivity contribution in [2.45, 2.75) is 20.8 Å². The van der Waals surface area contributed by atoms with Gasteiger partial charge in [0.05, 0.1) is 18.9 Å². The van der Waals surface area contributed by atoms with Gasteiger partial charge in [-0.05, 0) is 43.9 Å². The lowest BCUT2D eigenvalue weighted by atomic mass is 9.96. The third kappa shape index (κ3) is 2.91. The van der Waals surface area contributed by atoms with E-state index in [9.17, 15) is 4.79 Å². The van der Waals surface area contributed by atoms with E-state index in [-0.39, 0.29) is 0 Å². The largest absolute Gasteiger partial charge is 0.493 e. The van der Waals surface area contributed by atoms with Crippen LogP contribution in [0.1, 0.15) is 29.9 Å². The van der Waals surface area contributed by atoms with Crippen LogP contribution >= 0.6 is 0 Å². The fourth-order valence-corrected chi connectivity index (χ4v) is 3.76. The van der Waals surface area contributed by atoms with Crippen molar-refractivity contribution in [3.8, 4) is 22.6 Å². The summed E-state index contributed by atoms with van der Waals surface area (Å²) < 4.78 is 13.8. The molecule has 4 nitrogen and oxygen atoms in total. The Morgan fingerprint density at radius 1 is 0.929 bits per heavy atom. The number of benzene rings is 2. The topological polar surface area (TPSA) is 39.9 Å². The van der Waals surface area contributed by atoms with Gasteiger partial charge in [-0.25, -0.2) is 0 Å². The van der Waals surface area contributed by atoms with Crippen molar-refractivity contribution in [3.05, 3.63) is 66.0 Å². The fraction of sp³-hybridized carbons (Fsp3) is 0.208. The van der Waals surface area contributed by atoms with Gasteiger partial charge < -0.3 is 13.9 Å². The Bertz CT molecular complexity index is 1170. The summed E-state index contributed by atoms with van der Waals surface area (Å²) >= 11 is 0. The van der Waals surface area contributed by atoms with Crippen LogP contribution in [0, 0.1) is 6.92 Å². The van der Waals surface area contributed by atoms with E-state index in [0.717, 1.165) is 50.8 Å². The number of carbonyl (C=O) groups is 1. The lowest BCUT2D eigenvalue weighted by Crippen LogP contribution is -2.00. The number of ether oxygens (including phenoxy) is 2. The molecule has 2 aromatic heterocycles. The Balaban J connectivity index is 2.11. The molecule has 0 atom stereocenters. The molecule has 0 aliphatic rings. The molecule has 4 rings (SSSR count). The summed E-state index contributed by atoms with van der Waals surface area (Å²) in [4.78, 5) is 12.1. The number of nitrogens with zero attached hydrogens (tertiary/aromatic N) is 1. The minimum absolute atomic E-state index is 0.528. The van der Waals surface area contributed by atoms with Gasteiger partial charge in [0.25, 0.3) is 0 Å². The maximum Gasteiger partial charge on any atom is 0.167 e. The summed E-state index contributed by atoms with van der Waals surface area (Å²) in [5.41, 5.74) is 4.48. The number of carbonyl (C=O) groups excluding carboxylic acids is 1. The highest BCUT2D eigenvalue weighted by Gasteiger charge is 2.20. The van der Waals surface area contributed by atoms with Crippen LogP contribution in [0.25, 0.3) is 27.4 Å². The summed E-state index contributed by atoms with van der Waals surface area (Å²) in [7, 11) is 0. The Hall–Kier alpha value is -3.27. The number of aromatic nitrogens is 1. The minimum Gasteiger partial charge on any atom is -0.493 e. The number of fused-ring (bicyclic) bond motifs is 2. The van der Waals surface area contributed by atoms with Crippen LogP contribution in [0.4, 0.5) is 0 Å². The standard InChI is InChI=1S/C24H23NO3/c1-4-27-22-13-23(28-5-2)24(19-9-7-6-8-18(19)22)20-12-17-11-10-16(3)14-25(17)21(20)15-26/h6-15H,4-5H2,1-3H3. The Kier molecular flexibility index (Phi) is 4.78. The van der Waals surface area contributed by atoms with Gasteiger partial charge in [0, 0.05) is 34.3 Å². The van der Waals surface area contributed by atoms with Crippen molar-refractivity contribution >= 4 is 22.6 Å². The van der Waals surface area contributed by atoms with Crippen molar-refractivity contribution in [2.75, 3.05) is 13.2 Å². The molecule has 0 spiro atoms. The van der Waals surface area contributed by atoms with Gasteiger partial charge in [0.15, 0.2) is 6.29 Å². The van der Waals surface area contributed by atoms with Crippen LogP contribution in [0.3, 0.4) is 0 Å². The highest BCUT2D eigenvalue weighted by atomic mass is 16.5. The molecule has 0 fully saturated rings. The van der Waals surface area contributed by atoms with Crippen LogP contribution in [0.2, 0.25) is 0 Å². The molecule has 0 amide bonds. The monoisotopic (exact) mass is 373 g/mol. The van der Waals surface area contributed by atoms with E-state index >= 15 is 0 Å². The maximum absolute atomic E-state index is 12.1. The highest BCUT2D eigenvalue weighted by molar-refractivity contribution is 6.06. The molecule has 0 aliphatic heterocycles. The number of hydrogen-bond acceptors (Lipinski definition) is 3. The molecule has 0 N–H and O–H groups in total. The van der Waals surface area contributed by atoms with Crippen LogP contribution in [0.15, 0.2) is 54.7 Å². The number of hydrogen-bond donors (Lipinski definition) is 0. The zero-order valence-corrected chi connectivity index (χ0v) is 16.4. The van der Waals surface area contributed by atoms with E-state index in [2.05, 4.69) is 6.07 Å². The Morgan fingerprint density at radius 3 is 2.36 bits per heavy atom. The number of aryl methyl sites for hydroxylation is 1. The second-order valence-corrected chi connectivity index (χ2v) is 6.72. The van der Waals surface area contributed by atoms with Gasteiger partial charge >= 0.3 is 0 Å². The lowest BCUT2D eigenvalue weighted by molar-refractivity contribution is 0.111. The van der Waals surface area contributed by atoms with Crippen LogP contribution in [-0.4, -0.2) is 23.9 Å². The predicted molar refractivity (Wildman–Crippen MR) is 113 cm³/mol. The third-order valence-corrected chi connectivity index (χ3v) is 4.91. The molecule has 0 aliphatic carbocycles. The summed E-state index contributed by atoms with van der Waals surface area (Å²) in [5.74, 6) is 1.51. The van der Waals surface area contributed by atoms with Crippen LogP contribution < -0.4 is 9.47 Å². The Labute approximate surface area is 164 Å². The zero-order chi connectivity index (χ0) is 19.7. The van der Waals surface area contributed by atoms with Gasteiger partial charge in [-0.15, -0.1) is 0 Å². The summed E-state index contributed by atoms with van der Waals surface area (Å²) in [6.07, 6.45) is 2.91. The molecule has 0 saturated heterocycles. The average Bonchev–Trinajstić information content (AvgIpc) is 3.05. The van der Waals surface area contributed by atoms with Crippen molar-refractivity contribution in [1.82, 2.24) is 4.40 Å². The summed E-state index contributed by atoms with van der Waals surface area (Å²) in [6, 6.07) is 16.2. The first-order chi connectivity index (χ1) is 13.7. The average molecular weight is 373 g/mol. The van der Waals surface area contributed by atoms with Crippen molar-refractivity contribution < 1.29 is 14.3 Å². The van der Waals surface area contributed by atoms with E-state index in [1.54, 1.807) is 0 Å². The second-order valence-electron chi connectivity index (χ2n) is 6.72. The first-order valence-corrected chi connectivity index (χ1v) is 9.56. The molecule has 2 heterocycles. The SMILES string of the molecule is CCOc1cc(OCC)c2ccccc2c1-c1cc2ccc(C)cn2c1C=O. The quantitative estimate of drug-likeness (QED) is 0.408. The van der Waals surface area contributed by atoms with E-state index in [1.165, 1.54) is 0 Å². The summed E-state index contributed by atoms with van der Waals surface area (Å²) in [6.45, 7) is 7.05. The maximum atomic E-state index is 12.1. The lowest BCUT2D eigenvalue weighted by Gasteiger charge is -2.17. The van der Waals surface area contributed by atoms with Crippen LogP contribution in [-0.2, 0) is 0 Å². The van der Waals surface area contributed by atoms with E-state index in [4.69, 9.17) is 9.47 Å². The summed E-state index contributed by atoms with van der Waals surface area (Å²) in [5, 5.41) is 2.01. The number of rotatable bonds is 6. The first kappa shape index (κ1) is 18.1. The molecular weight excluding hydrogens is 350 g/mol. The van der Waals surface area contributed by atoms with Crippen molar-refractivity contribution in [1.29, 1.82) is 0 Å². The zero-order valence-electron chi connectivity index (χ0n) is 16.4. The van der Waals surface area contributed by atoms with Gasteiger partial charge in [-0.1, -0.05) is 30.3 Å². The minimum atomic E-state index is 0.528. The predicted octanol–water partition coefficient (Wildman–Crippen LogP) is 5.68. The molecule has 28 heavy (non-hydrogen) atoms. The van der Waals surface area contributed by atoms with E-state index < -0.39 is 0 Å².